The summed E-state index contributed by atoms with van der Waals surface area (Å²) in [6.45, 7) is 2.14. The Morgan fingerprint density at radius 1 is 1.42 bits per heavy atom. The number of nitrogens with one attached hydrogen (secondary N) is 1. The van der Waals surface area contributed by atoms with Gasteiger partial charge < -0.3 is 14.6 Å². The monoisotopic (exact) mass is 368 g/mol. The number of amides is 1. The molecule has 1 amide bonds. The summed E-state index contributed by atoms with van der Waals surface area (Å²) in [5.74, 6) is 0.491. The van der Waals surface area contributed by atoms with E-state index in [2.05, 4.69) is 27.7 Å². The Bertz CT molecular complexity index is 918. The summed E-state index contributed by atoms with van der Waals surface area (Å²) < 4.78 is 7.39. The van der Waals surface area contributed by atoms with Crippen molar-refractivity contribution in [2.24, 2.45) is 0 Å². The van der Waals surface area contributed by atoms with E-state index >= 15 is 0 Å². The lowest BCUT2D eigenvalue weighted by Gasteiger charge is -2.24. The van der Waals surface area contributed by atoms with Crippen LogP contribution in [0, 0.1) is 18.3 Å². The number of carbonyl (C=O) groups excluding carboxylic acids is 1. The van der Waals surface area contributed by atoms with E-state index in [0.717, 1.165) is 5.56 Å². The first-order chi connectivity index (χ1) is 12.5. The fourth-order valence-electron chi connectivity index (χ4n) is 2.90. The normalized spacial score (nSPS) is 12.1. The number of hydrogen-bond donors (Lipinski definition) is 1. The number of aryl methyl sites for hydroxylation is 1. The Hall–Kier alpha value is -2.82. The number of nitrogens with zero attached hydrogens (tertiary/aromatic N) is 3. The van der Waals surface area contributed by atoms with Gasteiger partial charge in [0.2, 0.25) is 5.88 Å². The second-order valence-electron chi connectivity index (χ2n) is 6.16. The van der Waals surface area contributed by atoms with Gasteiger partial charge in [-0.05, 0) is 55.5 Å². The van der Waals surface area contributed by atoms with Crippen LogP contribution in [0.15, 0.2) is 45.8 Å². The number of furan rings is 1. The van der Waals surface area contributed by atoms with E-state index in [1.165, 1.54) is 0 Å². The minimum Gasteiger partial charge on any atom is -0.443 e. The molecule has 6 nitrogen and oxygen atoms in total. The molecule has 134 valence electrons. The molecule has 1 atom stereocenters. The van der Waals surface area contributed by atoms with Gasteiger partial charge >= 0.3 is 0 Å². The zero-order chi connectivity index (χ0) is 18.7. The molecule has 0 aliphatic carbocycles. The largest absolute Gasteiger partial charge is 0.443 e. The molecule has 1 N–H and O–H groups in total. The van der Waals surface area contributed by atoms with E-state index in [-0.39, 0.29) is 17.5 Å². The molecule has 0 fully saturated rings. The number of carbonyl (C=O) groups is 1. The lowest BCUT2D eigenvalue weighted by molar-refractivity contribution is 0.0940. The number of nitriles is 1. The number of likely N-dealkylation sites (N-methyl/N-ethyl adjacent to an activating group) is 1. The van der Waals surface area contributed by atoms with E-state index in [4.69, 9.17) is 4.42 Å². The fourth-order valence-corrected chi connectivity index (χ4v) is 3.61. The molecule has 3 aromatic rings. The van der Waals surface area contributed by atoms with Gasteiger partial charge in [-0.25, -0.2) is 0 Å². The quantitative estimate of drug-likeness (QED) is 0.724. The topological polar surface area (TPSA) is 74.2 Å². The molecule has 0 radical (unpaired) electrons. The van der Waals surface area contributed by atoms with Crippen LogP contribution in [-0.2, 0) is 0 Å². The van der Waals surface area contributed by atoms with Gasteiger partial charge in [0.25, 0.3) is 5.91 Å². The second kappa shape index (κ2) is 7.60. The molecule has 0 bridgehead atoms. The molecule has 0 saturated carbocycles. The molecule has 26 heavy (non-hydrogen) atoms. The van der Waals surface area contributed by atoms with Crippen molar-refractivity contribution in [1.82, 2.24) is 14.8 Å². The van der Waals surface area contributed by atoms with Gasteiger partial charge in [0.1, 0.15) is 23.0 Å². The van der Waals surface area contributed by atoms with Crippen LogP contribution >= 0.6 is 11.3 Å². The molecule has 0 aliphatic heterocycles. The van der Waals surface area contributed by atoms with Crippen molar-refractivity contribution in [1.29, 1.82) is 5.26 Å². The number of rotatable bonds is 6. The van der Waals surface area contributed by atoms with E-state index in [0.29, 0.717) is 23.8 Å². The predicted molar refractivity (Wildman–Crippen MR) is 101 cm³/mol. The average molecular weight is 368 g/mol. The lowest BCUT2D eigenvalue weighted by Crippen LogP contribution is -2.34. The van der Waals surface area contributed by atoms with E-state index < -0.39 is 0 Å². The maximum atomic E-state index is 12.8. The Kier molecular flexibility index (Phi) is 5.26. The van der Waals surface area contributed by atoms with Crippen LogP contribution in [0.5, 0.6) is 0 Å². The van der Waals surface area contributed by atoms with Gasteiger partial charge in [-0.2, -0.15) is 16.6 Å². The third-order valence-electron chi connectivity index (χ3n) is 4.25. The van der Waals surface area contributed by atoms with Crippen LogP contribution < -0.4 is 5.32 Å². The van der Waals surface area contributed by atoms with Crippen LogP contribution in [0.1, 0.15) is 33.3 Å². The number of hydrogen-bond acceptors (Lipinski definition) is 5. The Labute approximate surface area is 156 Å². The lowest BCUT2D eigenvalue weighted by atomic mass is 10.1. The summed E-state index contributed by atoms with van der Waals surface area (Å²) in [5, 5.41) is 16.6. The summed E-state index contributed by atoms with van der Waals surface area (Å²) in [5.41, 5.74) is 1.69. The zero-order valence-electron chi connectivity index (χ0n) is 14.9. The summed E-state index contributed by atoms with van der Waals surface area (Å²) in [6, 6.07) is 7.89. The molecule has 7 heteroatoms. The van der Waals surface area contributed by atoms with Crippen molar-refractivity contribution in [3.8, 4) is 12.0 Å². The van der Waals surface area contributed by atoms with E-state index in [9.17, 15) is 10.1 Å². The van der Waals surface area contributed by atoms with Crippen molar-refractivity contribution in [2.45, 2.75) is 13.0 Å². The molecule has 0 spiro atoms. The van der Waals surface area contributed by atoms with Gasteiger partial charge in [-0.15, -0.1) is 0 Å². The molecule has 3 aromatic heterocycles. The number of aromatic nitrogens is 1. The van der Waals surface area contributed by atoms with Crippen molar-refractivity contribution < 1.29 is 9.21 Å². The molecule has 0 unspecified atom stereocenters. The van der Waals surface area contributed by atoms with Crippen molar-refractivity contribution in [3.05, 3.63) is 63.8 Å². The van der Waals surface area contributed by atoms with Gasteiger partial charge in [0, 0.05) is 18.9 Å². The molecular weight excluding hydrogens is 348 g/mol. The highest BCUT2D eigenvalue weighted by Crippen LogP contribution is 2.26. The van der Waals surface area contributed by atoms with Gasteiger partial charge in [0.05, 0.1) is 6.04 Å². The third kappa shape index (κ3) is 3.43. The first kappa shape index (κ1) is 18.0. The highest BCUT2D eigenvalue weighted by molar-refractivity contribution is 7.07. The highest BCUT2D eigenvalue weighted by atomic mass is 32.1. The first-order valence-corrected chi connectivity index (χ1v) is 9.10. The molecule has 0 aliphatic rings. The van der Waals surface area contributed by atoms with E-state index in [1.807, 2.05) is 31.6 Å². The standard InChI is InChI=1S/C19H20N4O2S/c1-13-17(15(10-20)19(25-13)23-7-4-5-8-23)18(24)21-11-16(22(2)3)14-6-9-26-12-14/h4-9,12,16H,11H2,1-3H3,(H,21,24)/t16-/m0/s1. The zero-order valence-corrected chi connectivity index (χ0v) is 15.7. The van der Waals surface area contributed by atoms with Crippen molar-refractivity contribution in [2.75, 3.05) is 20.6 Å². The van der Waals surface area contributed by atoms with Crippen LogP contribution in [0.4, 0.5) is 0 Å². The molecule has 0 saturated heterocycles. The first-order valence-electron chi connectivity index (χ1n) is 8.16. The van der Waals surface area contributed by atoms with Crippen LogP contribution in [0.3, 0.4) is 0 Å². The summed E-state index contributed by atoms with van der Waals surface area (Å²) >= 11 is 1.63. The predicted octanol–water partition coefficient (Wildman–Crippen LogP) is 3.34. The Morgan fingerprint density at radius 3 is 2.73 bits per heavy atom. The molecule has 0 aromatic carbocycles. The van der Waals surface area contributed by atoms with Gasteiger partial charge in [-0.3, -0.25) is 9.36 Å². The molecular formula is C19H20N4O2S. The average Bonchev–Trinajstić information content (AvgIpc) is 3.35. The summed E-state index contributed by atoms with van der Waals surface area (Å²) in [6.07, 6.45) is 3.55. The third-order valence-corrected chi connectivity index (χ3v) is 4.95. The maximum absolute atomic E-state index is 12.8. The minimum atomic E-state index is -0.303. The Morgan fingerprint density at radius 2 is 2.15 bits per heavy atom. The van der Waals surface area contributed by atoms with Crippen LogP contribution in [0.2, 0.25) is 0 Å². The SMILES string of the molecule is Cc1oc(-n2cccc2)c(C#N)c1C(=O)NC[C@@H](c1ccsc1)N(C)C. The van der Waals surface area contributed by atoms with Gasteiger partial charge in [-0.1, -0.05) is 0 Å². The molecule has 3 rings (SSSR count). The minimum absolute atomic E-state index is 0.0619. The van der Waals surface area contributed by atoms with Crippen LogP contribution in [-0.4, -0.2) is 36.0 Å². The highest BCUT2D eigenvalue weighted by Gasteiger charge is 2.25. The van der Waals surface area contributed by atoms with Crippen molar-refractivity contribution >= 4 is 17.2 Å². The maximum Gasteiger partial charge on any atom is 0.256 e. The number of thiophene rings is 1. The summed E-state index contributed by atoms with van der Waals surface area (Å²) in [7, 11) is 3.95. The van der Waals surface area contributed by atoms with Crippen molar-refractivity contribution in [3.63, 3.8) is 0 Å². The van der Waals surface area contributed by atoms with E-state index in [1.54, 1.807) is 35.2 Å². The second-order valence-corrected chi connectivity index (χ2v) is 6.94. The van der Waals surface area contributed by atoms with Gasteiger partial charge in [0.15, 0.2) is 0 Å². The van der Waals surface area contributed by atoms with Crippen LogP contribution in [0.25, 0.3) is 5.88 Å². The Balaban J connectivity index is 1.83. The summed E-state index contributed by atoms with van der Waals surface area (Å²) in [4.78, 5) is 14.8. The fraction of sp³-hybridized carbons (Fsp3) is 0.263. The molecule has 3 heterocycles. The smallest absolute Gasteiger partial charge is 0.256 e.